The summed E-state index contributed by atoms with van der Waals surface area (Å²) < 4.78 is 41.6. The van der Waals surface area contributed by atoms with Crippen LogP contribution in [0.2, 0.25) is 0 Å². The van der Waals surface area contributed by atoms with E-state index in [4.69, 9.17) is 14.5 Å². The second-order valence-corrected chi connectivity index (χ2v) is 15.7. The SMILES string of the molecule is CCOC(=O)Nc1cccc2c1nc(O[C@@H]1C[C@H]3C(=O)N[C@]4(C(=O)NS(=O)(=O)N(C)C)C[C@H]4/C=C\CCCCC[C@H](C)C(=O)N3C1)n2C(C)C. The highest BCUT2D eigenvalue weighted by Gasteiger charge is 2.61. The Balaban J connectivity index is 1.45. The molecule has 16 heteroatoms. The molecule has 2 fully saturated rings. The highest BCUT2D eigenvalue weighted by molar-refractivity contribution is 7.87. The third kappa shape index (κ3) is 7.75. The number of amides is 4. The smallest absolute Gasteiger partial charge is 0.411 e. The van der Waals surface area contributed by atoms with Crippen molar-refractivity contribution >= 4 is 50.7 Å². The summed E-state index contributed by atoms with van der Waals surface area (Å²) in [5.74, 6) is -2.33. The molecule has 1 saturated carbocycles. The number of nitrogens with one attached hydrogen (secondary N) is 3. The van der Waals surface area contributed by atoms with Crippen LogP contribution in [0.4, 0.5) is 10.5 Å². The van der Waals surface area contributed by atoms with E-state index in [0.29, 0.717) is 23.1 Å². The highest BCUT2D eigenvalue weighted by Crippen LogP contribution is 2.46. The van der Waals surface area contributed by atoms with Gasteiger partial charge in [0, 0.05) is 38.4 Å². The van der Waals surface area contributed by atoms with Crippen LogP contribution in [-0.4, -0.2) is 95.9 Å². The van der Waals surface area contributed by atoms with Gasteiger partial charge in [0.15, 0.2) is 0 Å². The van der Waals surface area contributed by atoms with Gasteiger partial charge in [-0.3, -0.25) is 24.3 Å². The van der Waals surface area contributed by atoms with Crippen LogP contribution >= 0.6 is 0 Å². The number of rotatable bonds is 8. The summed E-state index contributed by atoms with van der Waals surface area (Å²) in [5.41, 5.74) is 0.172. The largest absolute Gasteiger partial charge is 0.459 e. The fraction of sp³-hybridized carbons (Fsp3) is 0.618. The first-order valence-electron chi connectivity index (χ1n) is 17.3. The molecule has 1 saturated heterocycles. The average Bonchev–Trinajstić information content (AvgIpc) is 3.37. The lowest BCUT2D eigenvalue weighted by molar-refractivity contribution is -0.142. The molecule has 1 aliphatic carbocycles. The first-order valence-corrected chi connectivity index (χ1v) is 18.8. The molecule has 0 spiro atoms. The van der Waals surface area contributed by atoms with Crippen molar-refractivity contribution in [1.29, 1.82) is 0 Å². The number of imidazole rings is 1. The van der Waals surface area contributed by atoms with Crippen LogP contribution in [0.25, 0.3) is 11.0 Å². The van der Waals surface area contributed by atoms with E-state index in [9.17, 15) is 27.6 Å². The summed E-state index contributed by atoms with van der Waals surface area (Å²) in [4.78, 5) is 60.1. The number of carbonyl (C=O) groups excluding carboxylic acids is 4. The highest BCUT2D eigenvalue weighted by atomic mass is 32.2. The average molecular weight is 716 g/mol. The van der Waals surface area contributed by atoms with Gasteiger partial charge in [-0.1, -0.05) is 38.0 Å². The number of anilines is 1. The van der Waals surface area contributed by atoms with Crippen LogP contribution in [0.15, 0.2) is 30.4 Å². The minimum absolute atomic E-state index is 0.0960. The van der Waals surface area contributed by atoms with Gasteiger partial charge in [-0.15, -0.1) is 0 Å². The van der Waals surface area contributed by atoms with Crippen LogP contribution in [0.3, 0.4) is 0 Å². The number of hydrogen-bond donors (Lipinski definition) is 3. The Labute approximate surface area is 293 Å². The maximum atomic E-state index is 14.1. The summed E-state index contributed by atoms with van der Waals surface area (Å²) in [7, 11) is -1.51. The van der Waals surface area contributed by atoms with E-state index in [2.05, 4.69) is 15.4 Å². The minimum atomic E-state index is -4.12. The van der Waals surface area contributed by atoms with Gasteiger partial charge in [-0.25, -0.2) is 9.52 Å². The molecule has 1 aromatic heterocycles. The van der Waals surface area contributed by atoms with Crippen LogP contribution in [0.1, 0.15) is 78.7 Å². The first-order chi connectivity index (χ1) is 23.7. The predicted octanol–water partition coefficient (Wildman–Crippen LogP) is 3.49. The molecular formula is C34H49N7O8S. The molecule has 50 heavy (non-hydrogen) atoms. The molecule has 274 valence electrons. The van der Waals surface area contributed by atoms with Gasteiger partial charge in [-0.2, -0.15) is 17.7 Å². The second-order valence-electron chi connectivity index (χ2n) is 13.8. The zero-order valence-electron chi connectivity index (χ0n) is 29.6. The second kappa shape index (κ2) is 15.0. The van der Waals surface area contributed by atoms with Crippen LogP contribution < -0.4 is 20.1 Å². The lowest BCUT2D eigenvalue weighted by Gasteiger charge is -2.28. The lowest BCUT2D eigenvalue weighted by Crippen LogP contribution is -2.57. The topological polar surface area (TPSA) is 181 Å². The number of para-hydroxylation sites is 1. The Morgan fingerprint density at radius 1 is 1.18 bits per heavy atom. The molecule has 2 aromatic rings. The van der Waals surface area contributed by atoms with E-state index in [1.54, 1.807) is 19.1 Å². The molecule has 3 N–H and O–H groups in total. The number of carbonyl (C=O) groups is 4. The van der Waals surface area contributed by atoms with Crippen LogP contribution in [0.5, 0.6) is 6.01 Å². The van der Waals surface area contributed by atoms with Gasteiger partial charge in [0.25, 0.3) is 11.9 Å². The van der Waals surface area contributed by atoms with Gasteiger partial charge in [0.1, 0.15) is 23.2 Å². The Hall–Kier alpha value is -4.18. The summed E-state index contributed by atoms with van der Waals surface area (Å²) in [6.45, 7) is 7.83. The fourth-order valence-corrected chi connectivity index (χ4v) is 7.32. The lowest BCUT2D eigenvalue weighted by atomic mass is 10.0. The molecule has 3 aliphatic rings. The number of hydrogen-bond acceptors (Lipinski definition) is 9. The number of nitrogens with zero attached hydrogens (tertiary/aromatic N) is 4. The summed E-state index contributed by atoms with van der Waals surface area (Å²) in [6.07, 6.45) is 7.05. The van der Waals surface area contributed by atoms with Crippen molar-refractivity contribution in [2.24, 2.45) is 11.8 Å². The Bertz CT molecular complexity index is 1760. The number of benzene rings is 1. The van der Waals surface area contributed by atoms with Crippen molar-refractivity contribution in [2.75, 3.05) is 32.6 Å². The van der Waals surface area contributed by atoms with E-state index in [1.165, 1.54) is 19.0 Å². The molecule has 15 nitrogen and oxygen atoms in total. The van der Waals surface area contributed by atoms with Gasteiger partial charge < -0.3 is 19.7 Å². The van der Waals surface area contributed by atoms with Crippen molar-refractivity contribution in [2.45, 2.75) is 96.4 Å². The molecule has 0 radical (unpaired) electrons. The summed E-state index contributed by atoms with van der Waals surface area (Å²) >= 11 is 0. The van der Waals surface area contributed by atoms with Crippen molar-refractivity contribution in [1.82, 2.24) is 28.8 Å². The molecule has 5 atom stereocenters. The zero-order chi connectivity index (χ0) is 36.4. The quantitative estimate of drug-likeness (QED) is 0.345. The predicted molar refractivity (Wildman–Crippen MR) is 186 cm³/mol. The monoisotopic (exact) mass is 715 g/mol. The van der Waals surface area contributed by atoms with Gasteiger partial charge in [-0.05, 0) is 58.6 Å². The van der Waals surface area contributed by atoms with Crippen molar-refractivity contribution in [3.05, 3.63) is 30.4 Å². The van der Waals surface area contributed by atoms with Crippen molar-refractivity contribution in [3.63, 3.8) is 0 Å². The first kappa shape index (κ1) is 37.1. The van der Waals surface area contributed by atoms with E-state index >= 15 is 0 Å². The molecule has 4 amide bonds. The molecular weight excluding hydrogens is 666 g/mol. The molecule has 5 rings (SSSR count). The third-order valence-corrected chi connectivity index (χ3v) is 11.0. The number of allylic oxidation sites excluding steroid dienone is 1. The van der Waals surface area contributed by atoms with E-state index in [0.717, 1.165) is 30.0 Å². The third-order valence-electron chi connectivity index (χ3n) is 9.60. The molecule has 1 aromatic carbocycles. The van der Waals surface area contributed by atoms with E-state index in [-0.39, 0.29) is 49.9 Å². The zero-order valence-corrected chi connectivity index (χ0v) is 30.4. The van der Waals surface area contributed by atoms with Gasteiger partial charge >= 0.3 is 16.3 Å². The van der Waals surface area contributed by atoms with Crippen molar-refractivity contribution in [3.8, 4) is 6.01 Å². The number of fused-ring (bicyclic) bond motifs is 3. The number of ether oxygens (including phenoxy) is 2. The summed E-state index contributed by atoms with van der Waals surface area (Å²) in [6, 6.07) is 4.57. The Morgan fingerprint density at radius 2 is 1.94 bits per heavy atom. The maximum absolute atomic E-state index is 14.1. The standard InChI is InChI=1S/C34H49N7O8S/c1-7-48-33(45)35-25-16-13-17-26-28(25)36-32(41(26)21(2)3)49-24-18-27-29(42)37-34(31(44)38-50(46,47)39(5)6)19-23(34)15-12-10-8-9-11-14-22(4)30(43)40(27)20-24/h12-13,15-17,21-24,27H,7-11,14,18-20H2,1-6H3,(H,35,45)(H,37,42)(H,38,44)/b15-12-/t22-,23+,24+,27-,34+/m0/s1. The normalized spacial score (nSPS) is 26.8. The number of aromatic nitrogens is 2. The van der Waals surface area contributed by atoms with Crippen LogP contribution in [0, 0.1) is 11.8 Å². The Kier molecular flexibility index (Phi) is 11.1. The maximum Gasteiger partial charge on any atom is 0.411 e. The van der Waals surface area contributed by atoms with E-state index < -0.39 is 51.7 Å². The molecule has 2 aliphatic heterocycles. The summed E-state index contributed by atoms with van der Waals surface area (Å²) in [5, 5.41) is 5.60. The molecule has 0 unspecified atom stereocenters. The van der Waals surface area contributed by atoms with E-state index in [1.807, 2.05) is 43.6 Å². The van der Waals surface area contributed by atoms with Crippen LogP contribution in [-0.2, 0) is 29.3 Å². The minimum Gasteiger partial charge on any atom is -0.459 e. The molecule has 3 heterocycles. The Morgan fingerprint density at radius 3 is 2.64 bits per heavy atom. The van der Waals surface area contributed by atoms with Gasteiger partial charge in [0.2, 0.25) is 11.8 Å². The fourth-order valence-electron chi connectivity index (χ4n) is 6.72. The van der Waals surface area contributed by atoms with Gasteiger partial charge in [0.05, 0.1) is 24.4 Å². The van der Waals surface area contributed by atoms with Crippen molar-refractivity contribution < 1.29 is 37.1 Å². The molecule has 0 bridgehead atoms.